The molecule has 2 aliphatic heterocycles. The van der Waals surface area contributed by atoms with Crippen LogP contribution in [0.15, 0.2) is 35.4 Å². The molecule has 0 N–H and O–H groups in total. The largest absolute Gasteiger partial charge is 0.335 e. The van der Waals surface area contributed by atoms with E-state index in [1.807, 2.05) is 11.0 Å². The van der Waals surface area contributed by atoms with E-state index in [2.05, 4.69) is 34.3 Å². The van der Waals surface area contributed by atoms with Crippen LogP contribution in [0.3, 0.4) is 0 Å². The normalized spacial score (nSPS) is 19.4. The third-order valence-electron chi connectivity index (χ3n) is 4.67. The Morgan fingerprint density at radius 3 is 2.46 bits per heavy atom. The van der Waals surface area contributed by atoms with Crippen molar-refractivity contribution in [2.45, 2.75) is 19.3 Å². The standard InChI is InChI=1S/C18H24N4O2/c1-20-17(23)8-7-16(19-20)18(24)22-13-11-21(12-14-22)10-9-15-5-3-2-4-6-15/h2-6H,7-14H2,1H3. The summed E-state index contributed by atoms with van der Waals surface area (Å²) in [6, 6.07) is 10.5. The second-order valence-corrected chi connectivity index (χ2v) is 6.33. The van der Waals surface area contributed by atoms with Crippen LogP contribution in [0.4, 0.5) is 0 Å². The van der Waals surface area contributed by atoms with Crippen LogP contribution in [0.5, 0.6) is 0 Å². The zero-order chi connectivity index (χ0) is 16.9. The van der Waals surface area contributed by atoms with Crippen LogP contribution in [0.2, 0.25) is 0 Å². The Balaban J connectivity index is 1.47. The van der Waals surface area contributed by atoms with Gasteiger partial charge in [0.15, 0.2) is 0 Å². The number of hydrogen-bond acceptors (Lipinski definition) is 4. The van der Waals surface area contributed by atoms with Gasteiger partial charge in [0.25, 0.3) is 5.91 Å². The highest BCUT2D eigenvalue weighted by molar-refractivity contribution is 6.39. The molecule has 2 heterocycles. The van der Waals surface area contributed by atoms with Gasteiger partial charge in [-0.1, -0.05) is 30.3 Å². The van der Waals surface area contributed by atoms with Crippen LogP contribution in [0, 0.1) is 0 Å². The molecule has 1 saturated heterocycles. The minimum absolute atomic E-state index is 0.0166. The van der Waals surface area contributed by atoms with Crippen LogP contribution >= 0.6 is 0 Å². The lowest BCUT2D eigenvalue weighted by Crippen LogP contribution is -2.51. The first-order chi connectivity index (χ1) is 11.6. The van der Waals surface area contributed by atoms with Crippen LogP contribution in [-0.2, 0) is 16.0 Å². The van der Waals surface area contributed by atoms with Gasteiger partial charge in [0, 0.05) is 52.6 Å². The van der Waals surface area contributed by atoms with Crippen LogP contribution in [0.25, 0.3) is 0 Å². The monoisotopic (exact) mass is 328 g/mol. The van der Waals surface area contributed by atoms with Gasteiger partial charge in [0.2, 0.25) is 5.91 Å². The summed E-state index contributed by atoms with van der Waals surface area (Å²) in [6.07, 6.45) is 1.86. The molecule has 0 radical (unpaired) electrons. The summed E-state index contributed by atoms with van der Waals surface area (Å²) in [7, 11) is 1.61. The quantitative estimate of drug-likeness (QED) is 0.828. The van der Waals surface area contributed by atoms with Gasteiger partial charge in [0.05, 0.1) is 0 Å². The Morgan fingerprint density at radius 2 is 1.79 bits per heavy atom. The van der Waals surface area contributed by atoms with Crippen molar-refractivity contribution < 1.29 is 9.59 Å². The first-order valence-electron chi connectivity index (χ1n) is 8.53. The number of carbonyl (C=O) groups excluding carboxylic acids is 2. The summed E-state index contributed by atoms with van der Waals surface area (Å²) in [5.41, 5.74) is 1.86. The van der Waals surface area contributed by atoms with E-state index in [-0.39, 0.29) is 11.8 Å². The molecule has 0 unspecified atom stereocenters. The van der Waals surface area contributed by atoms with E-state index in [4.69, 9.17) is 0 Å². The van der Waals surface area contributed by atoms with Crippen molar-refractivity contribution in [1.29, 1.82) is 0 Å². The molecule has 0 aliphatic carbocycles. The van der Waals surface area contributed by atoms with Crippen molar-refractivity contribution in [3.05, 3.63) is 35.9 Å². The van der Waals surface area contributed by atoms with Crippen LogP contribution in [0.1, 0.15) is 18.4 Å². The van der Waals surface area contributed by atoms with Crippen LogP contribution < -0.4 is 0 Å². The fourth-order valence-corrected chi connectivity index (χ4v) is 3.11. The first-order valence-corrected chi connectivity index (χ1v) is 8.53. The van der Waals surface area contributed by atoms with Crippen molar-refractivity contribution in [2.75, 3.05) is 39.8 Å². The van der Waals surface area contributed by atoms with E-state index < -0.39 is 0 Å². The summed E-state index contributed by atoms with van der Waals surface area (Å²) in [5.74, 6) is -0.0469. The summed E-state index contributed by atoms with van der Waals surface area (Å²) >= 11 is 0. The molecule has 1 aromatic carbocycles. The predicted molar refractivity (Wildman–Crippen MR) is 92.6 cm³/mol. The third kappa shape index (κ3) is 4.00. The molecule has 3 rings (SSSR count). The molecule has 0 bridgehead atoms. The van der Waals surface area contributed by atoms with E-state index in [1.54, 1.807) is 7.05 Å². The van der Waals surface area contributed by atoms with Crippen LogP contribution in [-0.4, -0.2) is 72.1 Å². The van der Waals surface area contributed by atoms with Gasteiger partial charge in [-0.05, 0) is 12.0 Å². The van der Waals surface area contributed by atoms with E-state index in [9.17, 15) is 9.59 Å². The van der Waals surface area contributed by atoms with Gasteiger partial charge in [-0.2, -0.15) is 5.10 Å². The number of rotatable bonds is 4. The molecule has 6 heteroatoms. The van der Waals surface area contributed by atoms with E-state index in [0.717, 1.165) is 39.1 Å². The van der Waals surface area contributed by atoms with E-state index in [0.29, 0.717) is 18.6 Å². The fraction of sp³-hybridized carbons (Fsp3) is 0.500. The number of carbonyl (C=O) groups is 2. The topological polar surface area (TPSA) is 56.2 Å². The highest BCUT2D eigenvalue weighted by Gasteiger charge is 2.28. The summed E-state index contributed by atoms with van der Waals surface area (Å²) in [5, 5.41) is 5.41. The fourth-order valence-electron chi connectivity index (χ4n) is 3.11. The molecule has 0 aromatic heterocycles. The summed E-state index contributed by atoms with van der Waals surface area (Å²) < 4.78 is 0. The zero-order valence-electron chi connectivity index (χ0n) is 14.1. The minimum Gasteiger partial charge on any atom is -0.335 e. The second kappa shape index (κ2) is 7.57. The van der Waals surface area contributed by atoms with E-state index >= 15 is 0 Å². The lowest BCUT2D eigenvalue weighted by molar-refractivity contribution is -0.131. The average molecular weight is 328 g/mol. The van der Waals surface area contributed by atoms with Crippen molar-refractivity contribution in [1.82, 2.24) is 14.8 Å². The Morgan fingerprint density at radius 1 is 1.08 bits per heavy atom. The molecule has 128 valence electrons. The number of nitrogens with zero attached hydrogens (tertiary/aromatic N) is 4. The number of hydrazone groups is 1. The SMILES string of the molecule is CN1N=C(C(=O)N2CCN(CCc3ccccc3)CC2)CCC1=O. The molecule has 2 amide bonds. The Labute approximate surface area is 142 Å². The molecule has 24 heavy (non-hydrogen) atoms. The molecule has 0 saturated carbocycles. The zero-order valence-corrected chi connectivity index (χ0v) is 14.1. The van der Waals surface area contributed by atoms with Gasteiger partial charge in [-0.15, -0.1) is 0 Å². The lowest BCUT2D eigenvalue weighted by Gasteiger charge is -2.35. The lowest BCUT2D eigenvalue weighted by atomic mass is 10.1. The van der Waals surface area contributed by atoms with Gasteiger partial charge in [-0.25, -0.2) is 5.01 Å². The maximum absolute atomic E-state index is 12.5. The number of amides is 2. The molecule has 2 aliphatic rings. The average Bonchev–Trinajstić information content (AvgIpc) is 2.63. The van der Waals surface area contributed by atoms with Crippen molar-refractivity contribution in [3.8, 4) is 0 Å². The second-order valence-electron chi connectivity index (χ2n) is 6.33. The van der Waals surface area contributed by atoms with Gasteiger partial charge in [-0.3, -0.25) is 14.5 Å². The number of benzene rings is 1. The third-order valence-corrected chi connectivity index (χ3v) is 4.67. The highest BCUT2D eigenvalue weighted by atomic mass is 16.2. The molecule has 0 spiro atoms. The van der Waals surface area contributed by atoms with Crippen molar-refractivity contribution in [3.63, 3.8) is 0 Å². The smallest absolute Gasteiger partial charge is 0.270 e. The predicted octanol–water partition coefficient (Wildman–Crippen LogP) is 0.981. The Kier molecular flexibility index (Phi) is 5.25. The molecule has 1 fully saturated rings. The maximum atomic E-state index is 12.5. The minimum atomic E-state index is -0.0303. The Bertz CT molecular complexity index is 621. The summed E-state index contributed by atoms with van der Waals surface area (Å²) in [6.45, 7) is 4.25. The molecule has 1 aromatic rings. The molecule has 0 atom stereocenters. The molecular formula is C18H24N4O2. The molecular weight excluding hydrogens is 304 g/mol. The number of hydrogen-bond donors (Lipinski definition) is 0. The first kappa shape index (κ1) is 16.6. The Hall–Kier alpha value is -2.21. The maximum Gasteiger partial charge on any atom is 0.270 e. The van der Waals surface area contributed by atoms with Gasteiger partial charge >= 0.3 is 0 Å². The van der Waals surface area contributed by atoms with Gasteiger partial charge < -0.3 is 4.90 Å². The molecule has 6 nitrogen and oxygen atoms in total. The van der Waals surface area contributed by atoms with Crippen molar-refractivity contribution >= 4 is 17.5 Å². The van der Waals surface area contributed by atoms with E-state index in [1.165, 1.54) is 10.6 Å². The summed E-state index contributed by atoms with van der Waals surface area (Å²) in [4.78, 5) is 28.2. The van der Waals surface area contributed by atoms with Crippen molar-refractivity contribution in [2.24, 2.45) is 5.10 Å². The van der Waals surface area contributed by atoms with Gasteiger partial charge in [0.1, 0.15) is 5.71 Å². The number of piperazine rings is 1. The highest BCUT2D eigenvalue weighted by Crippen LogP contribution is 2.11.